The van der Waals surface area contributed by atoms with Gasteiger partial charge in [0.2, 0.25) is 0 Å². The third-order valence-corrected chi connectivity index (χ3v) is 9.28. The van der Waals surface area contributed by atoms with E-state index in [1.165, 1.54) is 6.07 Å². The van der Waals surface area contributed by atoms with Crippen molar-refractivity contribution in [3.05, 3.63) is 69.7 Å². The SMILES string of the molecule is CC(C)(C)OC(=O)c1cccc(Br)c1.CC(C)(C)OC(=O)c1cccc([C@H]2C[C@@H]2C(F)(F)F)c1.C[C@@H]1C[C@H]1[B-]12OC(=O)C[N+]1(C)CC(=O)O2. The molecule has 0 N–H and O–H groups in total. The zero-order chi connectivity index (χ0) is 36.7. The molecule has 6 rings (SSSR count). The van der Waals surface area contributed by atoms with Crippen LogP contribution in [0.2, 0.25) is 5.82 Å². The van der Waals surface area contributed by atoms with Gasteiger partial charge in [-0.1, -0.05) is 53.4 Å². The third kappa shape index (κ3) is 9.65. The largest absolute Gasteiger partial charge is 0.600 e. The smallest absolute Gasteiger partial charge is 0.587 e. The van der Waals surface area contributed by atoms with Crippen molar-refractivity contribution in [2.75, 3.05) is 20.1 Å². The molecule has 2 saturated carbocycles. The van der Waals surface area contributed by atoms with E-state index < -0.39 is 41.9 Å². The second-order valence-electron chi connectivity index (χ2n) is 15.5. The number of benzene rings is 2. The Morgan fingerprint density at radius 3 is 1.71 bits per heavy atom. The van der Waals surface area contributed by atoms with Crippen molar-refractivity contribution < 1.29 is 55.5 Å². The molecule has 0 spiro atoms. The quantitative estimate of drug-likeness (QED) is 0.232. The maximum Gasteiger partial charge on any atom is 0.587 e. The Kier molecular flexibility index (Phi) is 10.8. The van der Waals surface area contributed by atoms with E-state index in [1.807, 2.05) is 40.0 Å². The van der Waals surface area contributed by atoms with Crippen LogP contribution in [0, 0.1) is 11.8 Å². The molecule has 0 aromatic heterocycles. The van der Waals surface area contributed by atoms with Gasteiger partial charge in [-0.3, -0.25) is 9.59 Å². The van der Waals surface area contributed by atoms with Crippen LogP contribution in [-0.4, -0.2) is 72.5 Å². The van der Waals surface area contributed by atoms with Gasteiger partial charge in [0, 0.05) is 11.5 Å². The number of alkyl halides is 3. The molecular weight excluding hydrogens is 710 g/mol. The summed E-state index contributed by atoms with van der Waals surface area (Å²) in [6.07, 6.45) is -3.07. The Labute approximate surface area is 293 Å². The molecule has 2 aromatic carbocycles. The van der Waals surface area contributed by atoms with Gasteiger partial charge in [-0.15, -0.1) is 0 Å². The number of carbonyl (C=O) groups is 4. The number of quaternary nitrogens is 1. The minimum Gasteiger partial charge on any atom is -0.600 e. The summed E-state index contributed by atoms with van der Waals surface area (Å²) >= 11 is 3.30. The first-order valence-electron chi connectivity index (χ1n) is 16.2. The van der Waals surface area contributed by atoms with E-state index in [-0.39, 0.29) is 43.2 Å². The lowest BCUT2D eigenvalue weighted by molar-refractivity contribution is -0.794. The molecule has 268 valence electrons. The summed E-state index contributed by atoms with van der Waals surface area (Å²) in [5.41, 5.74) is 0.343. The fourth-order valence-corrected chi connectivity index (χ4v) is 6.72. The van der Waals surface area contributed by atoms with Crippen molar-refractivity contribution in [2.24, 2.45) is 11.8 Å². The van der Waals surface area contributed by atoms with Gasteiger partial charge in [0.25, 0.3) is 0 Å². The number of hydrogen-bond acceptors (Lipinski definition) is 8. The average molecular weight is 754 g/mol. The Hall–Kier alpha value is -3.39. The van der Waals surface area contributed by atoms with E-state index in [0.29, 0.717) is 27.0 Å². The number of fused-ring (bicyclic) bond motifs is 1. The number of rotatable bonds is 4. The van der Waals surface area contributed by atoms with Gasteiger partial charge in [0.15, 0.2) is 0 Å². The summed E-state index contributed by atoms with van der Waals surface area (Å²) in [5.74, 6) is -2.34. The molecule has 0 amide bonds. The third-order valence-electron chi connectivity index (χ3n) is 8.78. The van der Waals surface area contributed by atoms with Gasteiger partial charge in [0.1, 0.15) is 24.3 Å². The summed E-state index contributed by atoms with van der Waals surface area (Å²) in [7, 11) is 1.89. The lowest BCUT2D eigenvalue weighted by atomic mass is 9.61. The Bertz CT molecular complexity index is 1580. The molecule has 49 heavy (non-hydrogen) atoms. The highest BCUT2D eigenvalue weighted by molar-refractivity contribution is 9.10. The van der Waals surface area contributed by atoms with E-state index in [0.717, 1.165) is 10.9 Å². The minimum absolute atomic E-state index is 0.0985. The Balaban J connectivity index is 0.000000169. The van der Waals surface area contributed by atoms with Crippen LogP contribution in [0.25, 0.3) is 0 Å². The lowest BCUT2D eigenvalue weighted by Crippen LogP contribution is -2.60. The number of likely N-dealkylation sites (N-methyl/N-ethyl adjacent to an activating group) is 1. The van der Waals surface area contributed by atoms with Gasteiger partial charge in [-0.25, -0.2) is 9.59 Å². The molecular formula is C35H44BBrF3NO8. The molecule has 2 aliphatic carbocycles. The average Bonchev–Trinajstić information content (AvgIpc) is 3.85. The molecule has 0 bridgehead atoms. The number of esters is 2. The van der Waals surface area contributed by atoms with Gasteiger partial charge >= 0.3 is 36.7 Å². The summed E-state index contributed by atoms with van der Waals surface area (Å²) in [6, 6.07) is 13.4. The van der Waals surface area contributed by atoms with Crippen LogP contribution < -0.4 is 0 Å². The van der Waals surface area contributed by atoms with Gasteiger partial charge in [-0.05, 0) is 95.6 Å². The lowest BCUT2D eigenvalue weighted by Gasteiger charge is -2.40. The second-order valence-corrected chi connectivity index (χ2v) is 16.4. The summed E-state index contributed by atoms with van der Waals surface area (Å²) in [5, 5.41) is 0. The predicted octanol–water partition coefficient (Wildman–Crippen LogP) is 7.61. The molecule has 2 heterocycles. The zero-order valence-corrected chi connectivity index (χ0v) is 30.6. The Morgan fingerprint density at radius 1 is 0.837 bits per heavy atom. The van der Waals surface area contributed by atoms with E-state index in [9.17, 15) is 32.3 Å². The first-order valence-corrected chi connectivity index (χ1v) is 17.0. The van der Waals surface area contributed by atoms with Crippen molar-refractivity contribution in [1.82, 2.24) is 0 Å². The molecule has 4 atom stereocenters. The fourth-order valence-electron chi connectivity index (χ4n) is 6.32. The molecule has 14 heteroatoms. The molecule has 2 aliphatic heterocycles. The Morgan fingerprint density at radius 2 is 1.31 bits per heavy atom. The summed E-state index contributed by atoms with van der Waals surface area (Å²) in [6.45, 7) is 11.7. The highest BCUT2D eigenvalue weighted by Crippen LogP contribution is 2.58. The number of nitrogens with zero attached hydrogens (tertiary/aromatic N) is 1. The van der Waals surface area contributed by atoms with E-state index in [4.69, 9.17) is 18.8 Å². The number of carbonyl (C=O) groups excluding carboxylic acids is 4. The van der Waals surface area contributed by atoms with E-state index in [1.54, 1.807) is 51.1 Å². The monoisotopic (exact) mass is 753 g/mol. The molecule has 2 aromatic rings. The van der Waals surface area contributed by atoms with Crippen molar-refractivity contribution in [2.45, 2.75) is 90.4 Å². The van der Waals surface area contributed by atoms with Gasteiger partial charge in [0.05, 0.1) is 17.0 Å². The maximum atomic E-state index is 12.6. The normalized spacial score (nSPS) is 28.4. The highest BCUT2D eigenvalue weighted by atomic mass is 79.9. The number of hydrogen-bond donors (Lipinski definition) is 0. The van der Waals surface area contributed by atoms with Crippen molar-refractivity contribution in [1.29, 1.82) is 0 Å². The molecule has 0 unspecified atom stereocenters. The van der Waals surface area contributed by atoms with E-state index in [2.05, 4.69) is 22.9 Å². The number of ether oxygens (including phenoxy) is 2. The van der Waals surface area contributed by atoms with Gasteiger partial charge in [-0.2, -0.15) is 13.2 Å². The van der Waals surface area contributed by atoms with Crippen molar-refractivity contribution in [3.8, 4) is 0 Å². The van der Waals surface area contributed by atoms with Crippen LogP contribution in [0.4, 0.5) is 13.2 Å². The summed E-state index contributed by atoms with van der Waals surface area (Å²) < 4.78 is 60.1. The van der Waals surface area contributed by atoms with Crippen LogP contribution in [0.15, 0.2) is 53.0 Å². The van der Waals surface area contributed by atoms with Crippen molar-refractivity contribution in [3.63, 3.8) is 0 Å². The second kappa shape index (κ2) is 13.7. The van der Waals surface area contributed by atoms with Crippen LogP contribution >= 0.6 is 15.9 Å². The number of halogens is 4. The predicted molar refractivity (Wildman–Crippen MR) is 179 cm³/mol. The van der Waals surface area contributed by atoms with Crippen LogP contribution in [0.3, 0.4) is 0 Å². The summed E-state index contributed by atoms with van der Waals surface area (Å²) in [4.78, 5) is 46.3. The topological polar surface area (TPSA) is 105 Å². The van der Waals surface area contributed by atoms with E-state index >= 15 is 0 Å². The molecule has 4 fully saturated rings. The highest BCUT2D eigenvalue weighted by Gasteiger charge is 2.73. The van der Waals surface area contributed by atoms with Crippen LogP contribution in [0.5, 0.6) is 0 Å². The standard InChI is InChI=1S/C15H17F3O2.C11H13BrO2.C9H14BNO4/c1-14(2,3)20-13(19)10-6-4-5-9(7-10)11-8-12(11)15(16,17)18;1-11(2,3)14-10(13)8-5-4-6-9(12)7-8;1-6-3-7(6)10-11(2,4-8(12)14-10)5-9(13)15-10/h4-7,11-12H,8H2,1-3H3;4-7H,1-3H3;6-7H,3-5H2,1-2H3/t11-,12+;;6-,7-,10?,11?/m1.1/s1. The molecule has 0 radical (unpaired) electrons. The van der Waals surface area contributed by atoms with Crippen LogP contribution in [-0.2, 0) is 28.4 Å². The minimum atomic E-state index is -4.16. The van der Waals surface area contributed by atoms with Gasteiger partial charge < -0.3 is 23.2 Å². The maximum absolute atomic E-state index is 12.6. The first kappa shape index (κ1) is 38.4. The fraction of sp³-hybridized carbons (Fsp3) is 0.543. The first-order chi connectivity index (χ1) is 22.4. The van der Waals surface area contributed by atoms with Crippen molar-refractivity contribution >= 4 is 46.5 Å². The molecule has 4 aliphatic rings. The zero-order valence-electron chi connectivity index (χ0n) is 29.1. The molecule has 9 nitrogen and oxygen atoms in total. The molecule has 2 saturated heterocycles. The van der Waals surface area contributed by atoms with Crippen LogP contribution in [0.1, 0.15) is 93.5 Å².